The van der Waals surface area contributed by atoms with Gasteiger partial charge in [-0.05, 0) is 43.7 Å². The Balaban J connectivity index is 1.75. The van der Waals surface area contributed by atoms with E-state index in [0.29, 0.717) is 12.0 Å². The van der Waals surface area contributed by atoms with Crippen molar-refractivity contribution in [2.24, 2.45) is 11.8 Å². The quantitative estimate of drug-likeness (QED) is 0.912. The SMILES string of the molecule is CC(C)C1CNC(C)(C2CC2)CN1Cc1cccnn1. The number of piperazine rings is 1. The predicted octanol–water partition coefficient (Wildman–Crippen LogP) is 2.08. The Morgan fingerprint density at radius 2 is 2.25 bits per heavy atom. The average Bonchev–Trinajstić information content (AvgIpc) is 3.24. The third-order valence-electron chi connectivity index (χ3n) is 4.96. The van der Waals surface area contributed by atoms with Gasteiger partial charge in [-0.25, -0.2) is 0 Å². The molecule has 1 aromatic rings. The summed E-state index contributed by atoms with van der Waals surface area (Å²) in [5, 5.41) is 12.1. The molecule has 1 saturated carbocycles. The number of rotatable bonds is 4. The molecular formula is C16H26N4. The van der Waals surface area contributed by atoms with Gasteiger partial charge in [-0.15, -0.1) is 0 Å². The van der Waals surface area contributed by atoms with Gasteiger partial charge in [0.2, 0.25) is 0 Å². The van der Waals surface area contributed by atoms with Crippen LogP contribution in [0, 0.1) is 11.8 Å². The van der Waals surface area contributed by atoms with Crippen LogP contribution in [0.1, 0.15) is 39.3 Å². The van der Waals surface area contributed by atoms with E-state index >= 15 is 0 Å². The number of hydrogen-bond acceptors (Lipinski definition) is 4. The van der Waals surface area contributed by atoms with Gasteiger partial charge in [-0.2, -0.15) is 10.2 Å². The van der Waals surface area contributed by atoms with Crippen molar-refractivity contribution in [2.75, 3.05) is 13.1 Å². The van der Waals surface area contributed by atoms with Gasteiger partial charge in [-0.1, -0.05) is 13.8 Å². The second-order valence-electron chi connectivity index (χ2n) is 7.00. The molecule has 110 valence electrons. The van der Waals surface area contributed by atoms with Crippen molar-refractivity contribution in [3.05, 3.63) is 24.0 Å². The molecule has 0 spiro atoms. The lowest BCUT2D eigenvalue weighted by molar-refractivity contribution is 0.0451. The maximum absolute atomic E-state index is 4.26. The first kappa shape index (κ1) is 14.0. The van der Waals surface area contributed by atoms with Crippen molar-refractivity contribution in [3.63, 3.8) is 0 Å². The van der Waals surface area contributed by atoms with E-state index in [2.05, 4.69) is 47.3 Å². The zero-order valence-corrected chi connectivity index (χ0v) is 12.8. The second-order valence-corrected chi connectivity index (χ2v) is 7.00. The third kappa shape index (κ3) is 2.86. The Kier molecular flexibility index (Phi) is 3.78. The number of hydrogen-bond donors (Lipinski definition) is 1. The Bertz CT molecular complexity index is 443. The Labute approximate surface area is 122 Å². The van der Waals surface area contributed by atoms with Crippen LogP contribution in [0.25, 0.3) is 0 Å². The van der Waals surface area contributed by atoms with Crippen molar-refractivity contribution in [1.29, 1.82) is 0 Å². The van der Waals surface area contributed by atoms with Crippen molar-refractivity contribution >= 4 is 0 Å². The van der Waals surface area contributed by atoms with Crippen LogP contribution in [0.3, 0.4) is 0 Å². The van der Waals surface area contributed by atoms with E-state index in [0.717, 1.165) is 31.2 Å². The fourth-order valence-corrected chi connectivity index (χ4v) is 3.51. The Morgan fingerprint density at radius 1 is 1.45 bits per heavy atom. The smallest absolute Gasteiger partial charge is 0.0771 e. The molecule has 2 unspecified atom stereocenters. The molecule has 0 aromatic carbocycles. The lowest BCUT2D eigenvalue weighted by atomic mass is 9.88. The molecule has 1 aliphatic carbocycles. The summed E-state index contributed by atoms with van der Waals surface area (Å²) in [4.78, 5) is 2.61. The first-order valence-corrected chi connectivity index (χ1v) is 7.84. The molecule has 4 nitrogen and oxygen atoms in total. The maximum atomic E-state index is 4.26. The van der Waals surface area contributed by atoms with E-state index < -0.39 is 0 Å². The minimum absolute atomic E-state index is 0.285. The highest BCUT2D eigenvalue weighted by molar-refractivity contribution is 5.07. The summed E-state index contributed by atoms with van der Waals surface area (Å²) < 4.78 is 0. The standard InChI is InChI=1S/C16H26N4/c1-12(2)15-9-17-16(3,13-6-7-13)11-20(15)10-14-5-4-8-18-19-14/h4-5,8,12-13,15,17H,6-7,9-11H2,1-3H3. The third-order valence-corrected chi connectivity index (χ3v) is 4.96. The minimum atomic E-state index is 0.285. The van der Waals surface area contributed by atoms with Gasteiger partial charge < -0.3 is 5.32 Å². The Hall–Kier alpha value is -1.00. The highest BCUT2D eigenvalue weighted by atomic mass is 15.3. The predicted molar refractivity (Wildman–Crippen MR) is 80.2 cm³/mol. The van der Waals surface area contributed by atoms with Gasteiger partial charge in [0.25, 0.3) is 0 Å². The molecule has 2 heterocycles. The maximum Gasteiger partial charge on any atom is 0.0771 e. The zero-order chi connectivity index (χ0) is 14.2. The summed E-state index contributed by atoms with van der Waals surface area (Å²) >= 11 is 0. The molecule has 1 aromatic heterocycles. The monoisotopic (exact) mass is 274 g/mol. The fourth-order valence-electron chi connectivity index (χ4n) is 3.51. The first-order chi connectivity index (χ1) is 9.58. The molecule has 4 heteroatoms. The first-order valence-electron chi connectivity index (χ1n) is 7.84. The Morgan fingerprint density at radius 3 is 2.85 bits per heavy atom. The van der Waals surface area contributed by atoms with Crippen LogP contribution in [-0.2, 0) is 6.54 Å². The highest BCUT2D eigenvalue weighted by Gasteiger charge is 2.46. The summed E-state index contributed by atoms with van der Waals surface area (Å²) in [7, 11) is 0. The lowest BCUT2D eigenvalue weighted by Crippen LogP contribution is -2.64. The van der Waals surface area contributed by atoms with Crippen LogP contribution in [0.2, 0.25) is 0 Å². The topological polar surface area (TPSA) is 41.0 Å². The van der Waals surface area contributed by atoms with Gasteiger partial charge in [0.05, 0.1) is 5.69 Å². The van der Waals surface area contributed by atoms with Gasteiger partial charge in [0, 0.05) is 37.4 Å². The molecule has 2 aliphatic rings. The van der Waals surface area contributed by atoms with Crippen LogP contribution in [0.5, 0.6) is 0 Å². The van der Waals surface area contributed by atoms with Crippen LogP contribution < -0.4 is 5.32 Å². The van der Waals surface area contributed by atoms with Gasteiger partial charge in [0.1, 0.15) is 0 Å². The molecular weight excluding hydrogens is 248 g/mol. The van der Waals surface area contributed by atoms with Crippen LogP contribution in [-0.4, -0.2) is 39.8 Å². The molecule has 0 radical (unpaired) electrons. The van der Waals surface area contributed by atoms with E-state index in [9.17, 15) is 0 Å². The number of nitrogens with zero attached hydrogens (tertiary/aromatic N) is 3. The van der Waals surface area contributed by atoms with E-state index in [1.165, 1.54) is 12.8 Å². The average molecular weight is 274 g/mol. The lowest BCUT2D eigenvalue weighted by Gasteiger charge is -2.48. The summed E-state index contributed by atoms with van der Waals surface area (Å²) in [6, 6.07) is 4.65. The molecule has 0 amide bonds. The van der Waals surface area contributed by atoms with Gasteiger partial charge in [0.15, 0.2) is 0 Å². The second kappa shape index (κ2) is 5.41. The molecule has 1 N–H and O–H groups in total. The van der Waals surface area contributed by atoms with Crippen LogP contribution in [0.15, 0.2) is 18.3 Å². The molecule has 2 atom stereocenters. The fraction of sp³-hybridized carbons (Fsp3) is 0.750. The van der Waals surface area contributed by atoms with Gasteiger partial charge in [-0.3, -0.25) is 4.90 Å². The molecule has 1 saturated heterocycles. The molecule has 0 bridgehead atoms. The van der Waals surface area contributed by atoms with Gasteiger partial charge >= 0.3 is 0 Å². The highest BCUT2D eigenvalue weighted by Crippen LogP contribution is 2.41. The van der Waals surface area contributed by atoms with Crippen molar-refractivity contribution in [2.45, 2.75) is 51.7 Å². The molecule has 20 heavy (non-hydrogen) atoms. The summed E-state index contributed by atoms with van der Waals surface area (Å²) in [6.07, 6.45) is 4.51. The van der Waals surface area contributed by atoms with Crippen LogP contribution >= 0.6 is 0 Å². The molecule has 1 aliphatic heterocycles. The van der Waals surface area contributed by atoms with E-state index in [-0.39, 0.29) is 5.54 Å². The largest absolute Gasteiger partial charge is 0.308 e. The summed E-state index contributed by atoms with van der Waals surface area (Å²) in [6.45, 7) is 10.2. The van der Waals surface area contributed by atoms with Crippen molar-refractivity contribution < 1.29 is 0 Å². The molecule has 2 fully saturated rings. The normalized spacial score (nSPS) is 31.7. The summed E-state index contributed by atoms with van der Waals surface area (Å²) in [5.74, 6) is 1.52. The van der Waals surface area contributed by atoms with Crippen molar-refractivity contribution in [3.8, 4) is 0 Å². The number of nitrogens with one attached hydrogen (secondary N) is 1. The van der Waals surface area contributed by atoms with Crippen molar-refractivity contribution in [1.82, 2.24) is 20.4 Å². The van der Waals surface area contributed by atoms with Crippen LogP contribution in [0.4, 0.5) is 0 Å². The molecule has 3 rings (SSSR count). The minimum Gasteiger partial charge on any atom is -0.308 e. The van der Waals surface area contributed by atoms with E-state index in [1.54, 1.807) is 6.20 Å². The van der Waals surface area contributed by atoms with E-state index in [1.807, 2.05) is 6.07 Å². The zero-order valence-electron chi connectivity index (χ0n) is 12.8. The summed E-state index contributed by atoms with van der Waals surface area (Å²) in [5.41, 5.74) is 1.37. The van der Waals surface area contributed by atoms with E-state index in [4.69, 9.17) is 0 Å². The number of aromatic nitrogens is 2.